The average Bonchev–Trinajstić information content (AvgIpc) is 2.89. The van der Waals surface area contributed by atoms with Crippen molar-refractivity contribution >= 4 is 17.7 Å². The highest BCUT2D eigenvalue weighted by molar-refractivity contribution is 7.99. The van der Waals surface area contributed by atoms with Crippen molar-refractivity contribution in [2.45, 2.75) is 31.6 Å². The number of nitrogens with zero attached hydrogens (tertiary/aromatic N) is 1. The first-order valence-electron chi connectivity index (χ1n) is 6.74. The molecule has 1 aromatic carbocycles. The van der Waals surface area contributed by atoms with E-state index in [1.165, 1.54) is 11.1 Å². The lowest BCUT2D eigenvalue weighted by molar-refractivity contribution is -0.129. The molecule has 0 spiro atoms. The molecule has 4 heteroatoms. The van der Waals surface area contributed by atoms with Crippen molar-refractivity contribution in [3.63, 3.8) is 0 Å². The van der Waals surface area contributed by atoms with Gasteiger partial charge in [0.05, 0.1) is 18.4 Å². The van der Waals surface area contributed by atoms with E-state index in [0.29, 0.717) is 5.75 Å². The predicted octanol–water partition coefficient (Wildman–Crippen LogP) is 2.21. The highest BCUT2D eigenvalue weighted by atomic mass is 32.2. The second-order valence-corrected chi connectivity index (χ2v) is 6.03. The molecule has 1 saturated heterocycles. The summed E-state index contributed by atoms with van der Waals surface area (Å²) in [4.78, 5) is 13.9. The zero-order valence-electron chi connectivity index (χ0n) is 11.3. The third kappa shape index (κ3) is 3.98. The van der Waals surface area contributed by atoms with E-state index in [1.54, 1.807) is 11.8 Å². The zero-order valence-corrected chi connectivity index (χ0v) is 12.2. The fourth-order valence-electron chi connectivity index (χ4n) is 2.38. The van der Waals surface area contributed by atoms with Crippen molar-refractivity contribution in [2.24, 2.45) is 0 Å². The van der Waals surface area contributed by atoms with Gasteiger partial charge < -0.3 is 10.0 Å². The molecule has 0 bridgehead atoms. The van der Waals surface area contributed by atoms with E-state index >= 15 is 0 Å². The van der Waals surface area contributed by atoms with Gasteiger partial charge in [0.15, 0.2) is 0 Å². The van der Waals surface area contributed by atoms with E-state index < -0.39 is 0 Å². The van der Waals surface area contributed by atoms with Gasteiger partial charge in [-0.3, -0.25) is 4.79 Å². The van der Waals surface area contributed by atoms with Gasteiger partial charge in [0.25, 0.3) is 0 Å². The van der Waals surface area contributed by atoms with E-state index in [4.69, 9.17) is 0 Å². The molecule has 0 aromatic heterocycles. The summed E-state index contributed by atoms with van der Waals surface area (Å²) in [5, 5.41) is 9.21. The molecule has 0 saturated carbocycles. The fraction of sp³-hybridized carbons (Fsp3) is 0.533. The van der Waals surface area contributed by atoms with Crippen LogP contribution in [0.25, 0.3) is 0 Å². The van der Waals surface area contributed by atoms with Crippen LogP contribution in [0.15, 0.2) is 24.3 Å². The number of likely N-dealkylation sites (tertiary alicyclic amines) is 1. The Balaban J connectivity index is 1.76. The van der Waals surface area contributed by atoms with Gasteiger partial charge in [0.1, 0.15) is 0 Å². The van der Waals surface area contributed by atoms with Crippen LogP contribution in [0, 0.1) is 6.92 Å². The van der Waals surface area contributed by atoms with E-state index in [9.17, 15) is 9.90 Å². The Bertz CT molecular complexity index is 419. The monoisotopic (exact) mass is 279 g/mol. The first kappa shape index (κ1) is 14.4. The van der Waals surface area contributed by atoms with Crippen LogP contribution in [0.4, 0.5) is 0 Å². The number of hydrogen-bond acceptors (Lipinski definition) is 3. The Labute approximate surface area is 119 Å². The van der Waals surface area contributed by atoms with Crippen molar-refractivity contribution < 1.29 is 9.90 Å². The SMILES string of the molecule is Cc1ccc(CSCC(=O)N2CCCC2CO)cc1. The minimum atomic E-state index is 0.0486. The molecule has 1 amide bonds. The fourth-order valence-corrected chi connectivity index (χ4v) is 3.25. The lowest BCUT2D eigenvalue weighted by atomic mass is 10.2. The van der Waals surface area contributed by atoms with Crippen LogP contribution in [0.3, 0.4) is 0 Å². The number of carbonyl (C=O) groups excluding carboxylic acids is 1. The standard InChI is InChI=1S/C15H21NO2S/c1-12-4-6-13(7-5-12)10-19-11-15(18)16-8-2-3-14(16)9-17/h4-7,14,17H,2-3,8-11H2,1H3. The minimum Gasteiger partial charge on any atom is -0.394 e. The van der Waals surface area contributed by atoms with E-state index in [0.717, 1.165) is 25.1 Å². The van der Waals surface area contributed by atoms with Gasteiger partial charge in [-0.2, -0.15) is 0 Å². The second-order valence-electron chi connectivity index (χ2n) is 5.04. The summed E-state index contributed by atoms with van der Waals surface area (Å²) in [6, 6.07) is 8.46. The predicted molar refractivity (Wildman–Crippen MR) is 79.2 cm³/mol. The van der Waals surface area contributed by atoms with Crippen molar-refractivity contribution in [1.82, 2.24) is 4.90 Å². The van der Waals surface area contributed by atoms with Gasteiger partial charge in [-0.1, -0.05) is 29.8 Å². The maximum atomic E-state index is 12.1. The van der Waals surface area contributed by atoms with Crippen LogP contribution in [0.2, 0.25) is 0 Å². The van der Waals surface area contributed by atoms with Gasteiger partial charge in [-0.25, -0.2) is 0 Å². The number of aliphatic hydroxyl groups excluding tert-OH is 1. The maximum absolute atomic E-state index is 12.1. The Morgan fingerprint density at radius 2 is 2.16 bits per heavy atom. The molecule has 1 aromatic rings. The summed E-state index contributed by atoms with van der Waals surface area (Å²) in [6.07, 6.45) is 1.95. The highest BCUT2D eigenvalue weighted by Crippen LogP contribution is 2.19. The van der Waals surface area contributed by atoms with Crippen LogP contribution in [0.5, 0.6) is 0 Å². The van der Waals surface area contributed by atoms with E-state index in [-0.39, 0.29) is 18.6 Å². The van der Waals surface area contributed by atoms with Crippen molar-refractivity contribution in [1.29, 1.82) is 0 Å². The molecular formula is C15H21NO2S. The number of carbonyl (C=O) groups is 1. The summed E-state index contributed by atoms with van der Waals surface area (Å²) in [6.45, 7) is 2.96. The number of rotatable bonds is 5. The molecule has 2 rings (SSSR count). The van der Waals surface area contributed by atoms with E-state index in [1.807, 2.05) is 4.90 Å². The third-order valence-corrected chi connectivity index (χ3v) is 4.51. The first-order chi connectivity index (χ1) is 9.20. The molecule has 19 heavy (non-hydrogen) atoms. The molecule has 3 nitrogen and oxygen atoms in total. The number of hydrogen-bond donors (Lipinski definition) is 1. The molecule has 1 unspecified atom stereocenters. The Kier molecular flexibility index (Phi) is 5.28. The van der Waals surface area contributed by atoms with Crippen LogP contribution in [0.1, 0.15) is 24.0 Å². The molecule has 104 valence electrons. The van der Waals surface area contributed by atoms with Gasteiger partial charge in [0.2, 0.25) is 5.91 Å². The molecule has 1 N–H and O–H groups in total. The van der Waals surface area contributed by atoms with Crippen molar-refractivity contribution in [3.8, 4) is 0 Å². The normalized spacial score (nSPS) is 18.8. The number of thioether (sulfide) groups is 1. The van der Waals surface area contributed by atoms with Gasteiger partial charge in [-0.05, 0) is 25.3 Å². The van der Waals surface area contributed by atoms with Crippen LogP contribution < -0.4 is 0 Å². The van der Waals surface area contributed by atoms with Crippen LogP contribution >= 0.6 is 11.8 Å². The molecular weight excluding hydrogens is 258 g/mol. The average molecular weight is 279 g/mol. The molecule has 0 radical (unpaired) electrons. The van der Waals surface area contributed by atoms with Gasteiger partial charge in [0, 0.05) is 12.3 Å². The summed E-state index contributed by atoms with van der Waals surface area (Å²) in [5.74, 6) is 1.53. The van der Waals surface area contributed by atoms with Crippen molar-refractivity contribution in [3.05, 3.63) is 35.4 Å². The van der Waals surface area contributed by atoms with Crippen molar-refractivity contribution in [2.75, 3.05) is 18.9 Å². The number of benzene rings is 1. The Morgan fingerprint density at radius 1 is 1.42 bits per heavy atom. The smallest absolute Gasteiger partial charge is 0.232 e. The number of amides is 1. The summed E-state index contributed by atoms with van der Waals surface area (Å²) in [7, 11) is 0. The number of aryl methyl sites for hydroxylation is 1. The largest absolute Gasteiger partial charge is 0.394 e. The van der Waals surface area contributed by atoms with Crippen LogP contribution in [-0.4, -0.2) is 40.9 Å². The second kappa shape index (κ2) is 6.96. The lowest BCUT2D eigenvalue weighted by Crippen LogP contribution is -2.38. The summed E-state index contributed by atoms with van der Waals surface area (Å²) >= 11 is 1.65. The summed E-state index contributed by atoms with van der Waals surface area (Å²) in [5.41, 5.74) is 2.51. The molecule has 1 aliphatic heterocycles. The molecule has 0 aliphatic carbocycles. The molecule has 1 aliphatic rings. The molecule has 1 atom stereocenters. The minimum absolute atomic E-state index is 0.0486. The topological polar surface area (TPSA) is 40.5 Å². The maximum Gasteiger partial charge on any atom is 0.232 e. The zero-order chi connectivity index (χ0) is 13.7. The number of aliphatic hydroxyl groups is 1. The quantitative estimate of drug-likeness (QED) is 0.898. The van der Waals surface area contributed by atoms with Gasteiger partial charge in [-0.15, -0.1) is 11.8 Å². The third-order valence-electron chi connectivity index (χ3n) is 3.52. The molecule has 1 heterocycles. The van der Waals surface area contributed by atoms with E-state index in [2.05, 4.69) is 31.2 Å². The Hall–Kier alpha value is -1.00. The first-order valence-corrected chi connectivity index (χ1v) is 7.90. The Morgan fingerprint density at radius 3 is 2.84 bits per heavy atom. The summed E-state index contributed by atoms with van der Waals surface area (Å²) < 4.78 is 0. The van der Waals surface area contributed by atoms with Crippen LogP contribution in [-0.2, 0) is 10.5 Å². The van der Waals surface area contributed by atoms with Gasteiger partial charge >= 0.3 is 0 Å². The lowest BCUT2D eigenvalue weighted by Gasteiger charge is -2.22. The highest BCUT2D eigenvalue weighted by Gasteiger charge is 2.27. The molecule has 1 fully saturated rings.